The Bertz CT molecular complexity index is 541. The van der Waals surface area contributed by atoms with Crippen molar-refractivity contribution in [3.63, 3.8) is 0 Å². The molecule has 2 rings (SSSR count). The molecule has 2 aromatic rings. The normalized spacial score (nSPS) is 14.4. The van der Waals surface area contributed by atoms with Crippen molar-refractivity contribution >= 4 is 0 Å². The first-order chi connectivity index (χ1) is 9.55. The van der Waals surface area contributed by atoms with Crippen molar-refractivity contribution in [1.82, 2.24) is 4.90 Å². The Morgan fingerprint density at radius 2 is 2.05 bits per heavy atom. The molecule has 0 aliphatic carbocycles. The van der Waals surface area contributed by atoms with Crippen LogP contribution in [-0.2, 0) is 13.0 Å². The summed E-state index contributed by atoms with van der Waals surface area (Å²) < 4.78 is 18.9. The lowest BCUT2D eigenvalue weighted by Gasteiger charge is -2.38. The van der Waals surface area contributed by atoms with Crippen LogP contribution in [0, 0.1) is 5.82 Å². The van der Waals surface area contributed by atoms with E-state index in [1.165, 1.54) is 6.07 Å². The van der Waals surface area contributed by atoms with Gasteiger partial charge in [0.05, 0.1) is 12.5 Å². The molecule has 0 saturated heterocycles. The second-order valence-corrected chi connectivity index (χ2v) is 5.46. The maximum atomic E-state index is 13.8. The molecule has 0 spiro atoms. The fourth-order valence-electron chi connectivity index (χ4n) is 2.26. The van der Waals surface area contributed by atoms with Crippen LogP contribution in [0.5, 0.6) is 0 Å². The van der Waals surface area contributed by atoms with Crippen LogP contribution in [0.15, 0.2) is 47.3 Å². The minimum atomic E-state index is -0.306. The fourth-order valence-corrected chi connectivity index (χ4v) is 2.26. The molecule has 0 saturated carbocycles. The number of hydrogen-bond donors (Lipinski definition) is 1. The van der Waals surface area contributed by atoms with E-state index >= 15 is 0 Å². The average Bonchev–Trinajstić information content (AvgIpc) is 2.94. The molecule has 0 aliphatic heterocycles. The van der Waals surface area contributed by atoms with Crippen LogP contribution in [0.2, 0.25) is 0 Å². The van der Waals surface area contributed by atoms with Gasteiger partial charge in [0.25, 0.3) is 0 Å². The number of nitrogens with zero attached hydrogens (tertiary/aromatic N) is 1. The number of likely N-dealkylation sites (N-methyl/N-ethyl adjacent to an activating group) is 1. The third-order valence-corrected chi connectivity index (χ3v) is 3.89. The summed E-state index contributed by atoms with van der Waals surface area (Å²) in [6.07, 6.45) is 3.95. The highest BCUT2D eigenvalue weighted by Crippen LogP contribution is 2.22. The van der Waals surface area contributed by atoms with Gasteiger partial charge < -0.3 is 10.2 Å². The molecule has 0 bridgehead atoms. The number of benzene rings is 1. The van der Waals surface area contributed by atoms with E-state index in [1.54, 1.807) is 18.6 Å². The number of nitrogens with two attached hydrogens (primary N) is 1. The zero-order valence-electron chi connectivity index (χ0n) is 12.0. The molecule has 1 unspecified atom stereocenters. The predicted molar refractivity (Wildman–Crippen MR) is 77.7 cm³/mol. The highest BCUT2D eigenvalue weighted by molar-refractivity contribution is 5.20. The minimum Gasteiger partial charge on any atom is -0.472 e. The topological polar surface area (TPSA) is 42.4 Å². The molecular weight excluding hydrogens is 255 g/mol. The Kier molecular flexibility index (Phi) is 4.57. The molecule has 2 N–H and O–H groups in total. The second-order valence-electron chi connectivity index (χ2n) is 5.46. The average molecular weight is 276 g/mol. The quantitative estimate of drug-likeness (QED) is 0.882. The number of hydrogen-bond acceptors (Lipinski definition) is 3. The molecule has 0 amide bonds. The number of furan rings is 1. The zero-order chi connectivity index (χ0) is 14.6. The maximum Gasteiger partial charge on any atom is 0.126 e. The van der Waals surface area contributed by atoms with Crippen molar-refractivity contribution < 1.29 is 8.81 Å². The fraction of sp³-hybridized carbons (Fsp3) is 0.375. The molecule has 1 aromatic heterocycles. The third kappa shape index (κ3) is 3.26. The van der Waals surface area contributed by atoms with Crippen molar-refractivity contribution in [1.29, 1.82) is 0 Å². The van der Waals surface area contributed by atoms with Crippen molar-refractivity contribution in [2.24, 2.45) is 5.73 Å². The van der Waals surface area contributed by atoms with Gasteiger partial charge in [-0.25, -0.2) is 4.39 Å². The molecule has 20 heavy (non-hydrogen) atoms. The summed E-state index contributed by atoms with van der Waals surface area (Å²) in [5.74, 6) is -0.177. The lowest BCUT2D eigenvalue weighted by Crippen LogP contribution is -2.51. The molecule has 1 aromatic carbocycles. The molecule has 0 radical (unpaired) electrons. The third-order valence-electron chi connectivity index (χ3n) is 3.89. The minimum absolute atomic E-state index is 0.177. The Morgan fingerprint density at radius 1 is 1.30 bits per heavy atom. The molecule has 1 atom stereocenters. The Balaban J connectivity index is 2.14. The van der Waals surface area contributed by atoms with E-state index in [0.717, 1.165) is 12.1 Å². The van der Waals surface area contributed by atoms with Gasteiger partial charge in [-0.05, 0) is 38.1 Å². The van der Waals surface area contributed by atoms with Gasteiger partial charge in [0, 0.05) is 24.2 Å². The highest BCUT2D eigenvalue weighted by Gasteiger charge is 2.29. The lowest BCUT2D eigenvalue weighted by atomic mass is 9.90. The molecule has 108 valence electrons. The summed E-state index contributed by atoms with van der Waals surface area (Å²) in [7, 11) is 2.00. The van der Waals surface area contributed by atoms with Crippen molar-refractivity contribution in [3.05, 3.63) is 59.8 Å². The molecule has 4 heteroatoms. The van der Waals surface area contributed by atoms with Crippen LogP contribution in [0.25, 0.3) is 0 Å². The summed E-state index contributed by atoms with van der Waals surface area (Å²) in [5, 5.41) is 0. The predicted octanol–water partition coefficient (Wildman–Crippen LogP) is 2.81. The molecule has 0 fully saturated rings. The monoisotopic (exact) mass is 276 g/mol. The summed E-state index contributed by atoms with van der Waals surface area (Å²) >= 11 is 0. The van der Waals surface area contributed by atoms with Crippen LogP contribution < -0.4 is 5.73 Å². The number of halogens is 1. The SMILES string of the molecule is CN(Cc1ccoc1)C(C)(CN)Cc1ccccc1F. The van der Waals surface area contributed by atoms with Gasteiger partial charge in [0.1, 0.15) is 5.82 Å². The first-order valence-corrected chi connectivity index (χ1v) is 6.71. The summed E-state index contributed by atoms with van der Waals surface area (Å²) in [4.78, 5) is 2.14. The van der Waals surface area contributed by atoms with E-state index in [9.17, 15) is 4.39 Å². The molecule has 1 heterocycles. The molecule has 0 aliphatic rings. The van der Waals surface area contributed by atoms with Gasteiger partial charge in [-0.3, -0.25) is 4.90 Å². The van der Waals surface area contributed by atoms with E-state index in [1.807, 2.05) is 25.2 Å². The van der Waals surface area contributed by atoms with E-state index in [4.69, 9.17) is 10.2 Å². The highest BCUT2D eigenvalue weighted by atomic mass is 19.1. The standard InChI is InChI=1S/C16H21FN2O/c1-16(12-18,9-14-5-3-4-6-15(14)17)19(2)10-13-7-8-20-11-13/h3-8,11H,9-10,12,18H2,1-2H3. The first kappa shape index (κ1) is 14.8. The van der Waals surface area contributed by atoms with Crippen LogP contribution >= 0.6 is 0 Å². The van der Waals surface area contributed by atoms with E-state index < -0.39 is 0 Å². The van der Waals surface area contributed by atoms with E-state index in [2.05, 4.69) is 11.8 Å². The van der Waals surface area contributed by atoms with Crippen molar-refractivity contribution in [2.45, 2.75) is 25.4 Å². The van der Waals surface area contributed by atoms with Gasteiger partial charge in [-0.1, -0.05) is 18.2 Å². The first-order valence-electron chi connectivity index (χ1n) is 6.71. The van der Waals surface area contributed by atoms with Gasteiger partial charge in [-0.15, -0.1) is 0 Å². The Labute approximate surface area is 119 Å². The second kappa shape index (κ2) is 6.20. The van der Waals surface area contributed by atoms with Crippen LogP contribution in [0.3, 0.4) is 0 Å². The Morgan fingerprint density at radius 3 is 2.65 bits per heavy atom. The Hall–Kier alpha value is -1.65. The summed E-state index contributed by atoms with van der Waals surface area (Å²) in [5.41, 5.74) is 7.42. The van der Waals surface area contributed by atoms with Gasteiger partial charge >= 0.3 is 0 Å². The van der Waals surface area contributed by atoms with Crippen molar-refractivity contribution in [2.75, 3.05) is 13.6 Å². The largest absolute Gasteiger partial charge is 0.472 e. The summed E-state index contributed by atoms with van der Waals surface area (Å²) in [6, 6.07) is 8.78. The maximum absolute atomic E-state index is 13.8. The van der Waals surface area contributed by atoms with Gasteiger partial charge in [-0.2, -0.15) is 0 Å². The van der Waals surface area contributed by atoms with Crippen LogP contribution in [0.4, 0.5) is 4.39 Å². The number of rotatable bonds is 6. The van der Waals surface area contributed by atoms with Gasteiger partial charge in [0.2, 0.25) is 0 Å². The molecular formula is C16H21FN2O. The lowest BCUT2D eigenvalue weighted by molar-refractivity contribution is 0.135. The van der Waals surface area contributed by atoms with Gasteiger partial charge in [0.15, 0.2) is 0 Å². The molecule has 3 nitrogen and oxygen atoms in total. The van der Waals surface area contributed by atoms with Crippen molar-refractivity contribution in [3.8, 4) is 0 Å². The smallest absolute Gasteiger partial charge is 0.126 e. The van der Waals surface area contributed by atoms with E-state index in [0.29, 0.717) is 18.5 Å². The van der Waals surface area contributed by atoms with E-state index in [-0.39, 0.29) is 11.4 Å². The summed E-state index contributed by atoms with van der Waals surface area (Å²) in [6.45, 7) is 3.23. The van der Waals surface area contributed by atoms with Crippen LogP contribution in [-0.4, -0.2) is 24.0 Å². The zero-order valence-corrected chi connectivity index (χ0v) is 12.0. The van der Waals surface area contributed by atoms with Crippen LogP contribution in [0.1, 0.15) is 18.1 Å².